The van der Waals surface area contributed by atoms with Crippen molar-refractivity contribution in [1.82, 2.24) is 0 Å². The molecule has 2 aromatic carbocycles. The molecule has 106 valence electrons. The van der Waals surface area contributed by atoms with Crippen LogP contribution in [0.15, 0.2) is 42.5 Å². The summed E-state index contributed by atoms with van der Waals surface area (Å²) in [7, 11) is 0. The molecule has 0 heterocycles. The Morgan fingerprint density at radius 3 is 2.15 bits per heavy atom. The molecule has 1 unspecified atom stereocenters. The average Bonchev–Trinajstić information content (AvgIpc) is 2.40. The first-order chi connectivity index (χ1) is 9.29. The van der Waals surface area contributed by atoms with E-state index in [0.29, 0.717) is 5.56 Å². The Morgan fingerprint density at radius 2 is 1.60 bits per heavy atom. The maximum absolute atomic E-state index is 13.3. The molecule has 0 amide bonds. The minimum atomic E-state index is -0.792. The molecule has 0 aliphatic rings. The fraction of sp³-hybridized carbons (Fsp3) is 0.333. The number of aryl methyl sites for hydroxylation is 1. The van der Waals surface area contributed by atoms with Crippen LogP contribution in [0.25, 0.3) is 0 Å². The Bertz CT molecular complexity index is 594. The summed E-state index contributed by atoms with van der Waals surface area (Å²) in [4.78, 5) is 0. The first-order valence-corrected chi connectivity index (χ1v) is 6.83. The van der Waals surface area contributed by atoms with Crippen molar-refractivity contribution in [2.45, 2.75) is 39.2 Å². The number of hydrogen-bond acceptors (Lipinski definition) is 1. The van der Waals surface area contributed by atoms with E-state index in [-0.39, 0.29) is 11.2 Å². The molecule has 0 fully saturated rings. The van der Waals surface area contributed by atoms with Gasteiger partial charge in [0.1, 0.15) is 11.9 Å². The molecule has 2 aromatic rings. The topological polar surface area (TPSA) is 20.2 Å². The zero-order valence-electron chi connectivity index (χ0n) is 12.4. The Hall–Kier alpha value is -1.67. The third-order valence-electron chi connectivity index (χ3n) is 3.63. The summed E-state index contributed by atoms with van der Waals surface area (Å²) in [6.45, 7) is 8.32. The molecule has 0 aromatic heterocycles. The number of aliphatic hydroxyl groups excluding tert-OH is 1. The molecule has 1 N–H and O–H groups in total. The monoisotopic (exact) mass is 272 g/mol. The first-order valence-electron chi connectivity index (χ1n) is 6.83. The summed E-state index contributed by atoms with van der Waals surface area (Å²) < 4.78 is 13.3. The second-order valence-electron chi connectivity index (χ2n) is 6.28. The van der Waals surface area contributed by atoms with Gasteiger partial charge in [0.25, 0.3) is 0 Å². The van der Waals surface area contributed by atoms with Crippen molar-refractivity contribution in [2.24, 2.45) is 0 Å². The van der Waals surface area contributed by atoms with Crippen LogP contribution in [0.2, 0.25) is 0 Å². The lowest BCUT2D eigenvalue weighted by molar-refractivity contribution is 0.219. The Balaban J connectivity index is 2.34. The van der Waals surface area contributed by atoms with E-state index in [1.54, 1.807) is 6.07 Å². The van der Waals surface area contributed by atoms with E-state index >= 15 is 0 Å². The Kier molecular flexibility index (Phi) is 3.96. The van der Waals surface area contributed by atoms with Gasteiger partial charge in [-0.3, -0.25) is 0 Å². The molecule has 2 rings (SSSR count). The molecule has 0 aliphatic heterocycles. The van der Waals surface area contributed by atoms with Gasteiger partial charge in [-0.1, -0.05) is 51.1 Å². The summed E-state index contributed by atoms with van der Waals surface area (Å²) in [5.41, 5.74) is 3.58. The highest BCUT2D eigenvalue weighted by Crippen LogP contribution is 2.28. The predicted molar refractivity (Wildman–Crippen MR) is 80.3 cm³/mol. The van der Waals surface area contributed by atoms with Crippen LogP contribution in [0.5, 0.6) is 0 Å². The predicted octanol–water partition coefficient (Wildman–Crippen LogP) is 4.51. The molecular weight excluding hydrogens is 251 g/mol. The van der Waals surface area contributed by atoms with Crippen LogP contribution >= 0.6 is 0 Å². The van der Waals surface area contributed by atoms with Gasteiger partial charge in [-0.2, -0.15) is 0 Å². The molecule has 0 aliphatic carbocycles. The third-order valence-corrected chi connectivity index (χ3v) is 3.63. The van der Waals surface area contributed by atoms with Crippen molar-refractivity contribution < 1.29 is 9.50 Å². The smallest absolute Gasteiger partial charge is 0.123 e. The highest BCUT2D eigenvalue weighted by molar-refractivity contribution is 5.37. The summed E-state index contributed by atoms with van der Waals surface area (Å²) in [5, 5.41) is 10.4. The zero-order valence-corrected chi connectivity index (χ0v) is 12.4. The standard InChI is InChI=1S/C18H21FO/c1-12-5-10-15(19)11-16(12)17(20)13-6-8-14(9-7-13)18(2,3)4/h5-11,17,20H,1-4H3. The van der Waals surface area contributed by atoms with E-state index in [9.17, 15) is 9.50 Å². The normalized spacial score (nSPS) is 13.3. The molecular formula is C18H21FO. The summed E-state index contributed by atoms with van der Waals surface area (Å²) >= 11 is 0. The van der Waals surface area contributed by atoms with Crippen LogP contribution in [-0.2, 0) is 5.41 Å². The number of aliphatic hydroxyl groups is 1. The molecule has 0 spiro atoms. The SMILES string of the molecule is Cc1ccc(F)cc1C(O)c1ccc(C(C)(C)C)cc1. The molecule has 0 saturated heterocycles. The first kappa shape index (κ1) is 14.7. The largest absolute Gasteiger partial charge is 0.384 e. The van der Waals surface area contributed by atoms with Crippen LogP contribution in [-0.4, -0.2) is 5.11 Å². The van der Waals surface area contributed by atoms with Crippen LogP contribution in [0, 0.1) is 12.7 Å². The van der Waals surface area contributed by atoms with Crippen molar-refractivity contribution in [3.05, 3.63) is 70.5 Å². The van der Waals surface area contributed by atoms with E-state index in [1.165, 1.54) is 17.7 Å². The van der Waals surface area contributed by atoms with Crippen LogP contribution < -0.4 is 0 Å². The van der Waals surface area contributed by atoms with Gasteiger partial charge in [-0.25, -0.2) is 4.39 Å². The van der Waals surface area contributed by atoms with Gasteiger partial charge in [0.15, 0.2) is 0 Å². The third kappa shape index (κ3) is 3.07. The summed E-state index contributed by atoms with van der Waals surface area (Å²) in [5.74, 6) is -0.323. The number of hydrogen-bond donors (Lipinski definition) is 1. The maximum Gasteiger partial charge on any atom is 0.123 e. The summed E-state index contributed by atoms with van der Waals surface area (Å²) in [6, 6.07) is 12.4. The number of benzene rings is 2. The van der Waals surface area contributed by atoms with Crippen molar-refractivity contribution in [1.29, 1.82) is 0 Å². The van der Waals surface area contributed by atoms with Crippen LogP contribution in [0.1, 0.15) is 49.1 Å². The second kappa shape index (κ2) is 5.37. The highest BCUT2D eigenvalue weighted by Gasteiger charge is 2.16. The molecule has 20 heavy (non-hydrogen) atoms. The van der Waals surface area contributed by atoms with E-state index in [1.807, 2.05) is 31.2 Å². The molecule has 1 nitrogen and oxygen atoms in total. The van der Waals surface area contributed by atoms with Gasteiger partial charge in [0.2, 0.25) is 0 Å². The van der Waals surface area contributed by atoms with Gasteiger partial charge in [-0.05, 0) is 46.7 Å². The zero-order chi connectivity index (χ0) is 14.9. The highest BCUT2D eigenvalue weighted by atomic mass is 19.1. The molecule has 0 radical (unpaired) electrons. The van der Waals surface area contributed by atoms with Gasteiger partial charge < -0.3 is 5.11 Å². The van der Waals surface area contributed by atoms with E-state index in [4.69, 9.17) is 0 Å². The van der Waals surface area contributed by atoms with E-state index in [2.05, 4.69) is 20.8 Å². The van der Waals surface area contributed by atoms with Crippen LogP contribution in [0.3, 0.4) is 0 Å². The fourth-order valence-electron chi connectivity index (χ4n) is 2.25. The second-order valence-corrected chi connectivity index (χ2v) is 6.28. The van der Waals surface area contributed by atoms with Gasteiger partial charge in [-0.15, -0.1) is 0 Å². The van der Waals surface area contributed by atoms with Gasteiger partial charge in [0.05, 0.1) is 0 Å². The lowest BCUT2D eigenvalue weighted by Gasteiger charge is -2.20. The molecule has 1 atom stereocenters. The van der Waals surface area contributed by atoms with Crippen molar-refractivity contribution in [3.63, 3.8) is 0 Å². The Labute approximate surface area is 120 Å². The number of rotatable bonds is 2. The van der Waals surface area contributed by atoms with E-state index < -0.39 is 6.10 Å². The van der Waals surface area contributed by atoms with Crippen molar-refractivity contribution in [2.75, 3.05) is 0 Å². The maximum atomic E-state index is 13.3. The molecule has 2 heteroatoms. The van der Waals surface area contributed by atoms with E-state index in [0.717, 1.165) is 11.1 Å². The average molecular weight is 272 g/mol. The quantitative estimate of drug-likeness (QED) is 0.852. The van der Waals surface area contributed by atoms with Crippen molar-refractivity contribution >= 4 is 0 Å². The molecule has 0 saturated carbocycles. The van der Waals surface area contributed by atoms with Gasteiger partial charge in [0, 0.05) is 0 Å². The van der Waals surface area contributed by atoms with Crippen LogP contribution in [0.4, 0.5) is 4.39 Å². The fourth-order valence-corrected chi connectivity index (χ4v) is 2.25. The minimum Gasteiger partial charge on any atom is -0.384 e. The Morgan fingerprint density at radius 1 is 1.00 bits per heavy atom. The number of halogens is 1. The summed E-state index contributed by atoms with van der Waals surface area (Å²) in [6.07, 6.45) is -0.792. The van der Waals surface area contributed by atoms with Crippen molar-refractivity contribution in [3.8, 4) is 0 Å². The minimum absolute atomic E-state index is 0.0816. The lowest BCUT2D eigenvalue weighted by atomic mass is 9.86. The molecule has 0 bridgehead atoms. The lowest BCUT2D eigenvalue weighted by Crippen LogP contribution is -2.11. The van der Waals surface area contributed by atoms with Gasteiger partial charge >= 0.3 is 0 Å².